The molecule has 0 atom stereocenters. The predicted molar refractivity (Wildman–Crippen MR) is 52.7 cm³/mol. The smallest absolute Gasteiger partial charge is 0.133 e. The number of likely N-dealkylation sites (tertiary alicyclic amines) is 1. The molecule has 4 heteroatoms. The van der Waals surface area contributed by atoms with E-state index in [4.69, 9.17) is 5.11 Å². The first-order valence-electron chi connectivity index (χ1n) is 4.63. The quantitative estimate of drug-likeness (QED) is 0.585. The number of aldehydes is 1. The molecule has 1 aliphatic rings. The molecule has 1 fully saturated rings. The Bertz CT molecular complexity index is 123. The first-order chi connectivity index (χ1) is 6.33. The van der Waals surface area contributed by atoms with Gasteiger partial charge in [-0.05, 0) is 33.0 Å². The molecular formula is C9H20N2O2. The second kappa shape index (κ2) is 8.16. The van der Waals surface area contributed by atoms with Crippen LogP contribution in [0.15, 0.2) is 0 Å². The van der Waals surface area contributed by atoms with Gasteiger partial charge in [0, 0.05) is 13.2 Å². The highest BCUT2D eigenvalue weighted by Gasteiger charge is 2.14. The summed E-state index contributed by atoms with van der Waals surface area (Å²) in [6.45, 7) is 2.81. The van der Waals surface area contributed by atoms with Crippen LogP contribution < -0.4 is 5.32 Å². The summed E-state index contributed by atoms with van der Waals surface area (Å²) < 4.78 is 0. The van der Waals surface area contributed by atoms with Gasteiger partial charge >= 0.3 is 0 Å². The number of carbonyl (C=O) groups excluding carboxylic acids is 1. The van der Waals surface area contributed by atoms with Crippen LogP contribution in [0.1, 0.15) is 12.8 Å². The molecule has 0 aliphatic carbocycles. The van der Waals surface area contributed by atoms with Gasteiger partial charge in [0.25, 0.3) is 0 Å². The van der Waals surface area contributed by atoms with Crippen LogP contribution in [0.4, 0.5) is 0 Å². The SMILES string of the molecule is CN1CCC(NCC=O)CC1.CO. The summed E-state index contributed by atoms with van der Waals surface area (Å²) in [7, 11) is 3.13. The van der Waals surface area contributed by atoms with Crippen molar-refractivity contribution in [3.8, 4) is 0 Å². The predicted octanol–water partition coefficient (Wildman–Crippen LogP) is -0.522. The molecule has 0 saturated carbocycles. The first-order valence-corrected chi connectivity index (χ1v) is 4.63. The topological polar surface area (TPSA) is 52.6 Å². The van der Waals surface area contributed by atoms with E-state index in [1.54, 1.807) is 0 Å². The summed E-state index contributed by atoms with van der Waals surface area (Å²) in [6, 6.07) is 0.566. The van der Waals surface area contributed by atoms with E-state index in [1.165, 1.54) is 12.8 Å². The molecule has 0 bridgehead atoms. The van der Waals surface area contributed by atoms with E-state index >= 15 is 0 Å². The molecular weight excluding hydrogens is 168 g/mol. The lowest BCUT2D eigenvalue weighted by Gasteiger charge is -2.28. The van der Waals surface area contributed by atoms with Crippen LogP contribution in [-0.2, 0) is 4.79 Å². The van der Waals surface area contributed by atoms with Crippen LogP contribution in [0.3, 0.4) is 0 Å². The Labute approximate surface area is 79.9 Å². The van der Waals surface area contributed by atoms with Crippen molar-refractivity contribution in [2.75, 3.05) is 33.8 Å². The van der Waals surface area contributed by atoms with Gasteiger partial charge in [0.15, 0.2) is 0 Å². The lowest BCUT2D eigenvalue weighted by Crippen LogP contribution is -2.41. The molecule has 13 heavy (non-hydrogen) atoms. The average Bonchev–Trinajstić information content (AvgIpc) is 2.20. The summed E-state index contributed by atoms with van der Waals surface area (Å²) in [5.41, 5.74) is 0. The highest BCUT2D eigenvalue weighted by atomic mass is 16.2. The van der Waals surface area contributed by atoms with E-state index in [9.17, 15) is 4.79 Å². The maximum Gasteiger partial charge on any atom is 0.133 e. The first kappa shape index (κ1) is 12.6. The minimum absolute atomic E-state index is 0.508. The Morgan fingerprint density at radius 1 is 1.46 bits per heavy atom. The zero-order valence-corrected chi connectivity index (χ0v) is 8.49. The van der Waals surface area contributed by atoms with Crippen LogP contribution in [0.2, 0.25) is 0 Å². The van der Waals surface area contributed by atoms with Crippen LogP contribution >= 0.6 is 0 Å². The average molecular weight is 188 g/mol. The Balaban J connectivity index is 0.000000671. The van der Waals surface area contributed by atoms with Gasteiger partial charge in [-0.3, -0.25) is 0 Å². The van der Waals surface area contributed by atoms with Crippen molar-refractivity contribution in [2.45, 2.75) is 18.9 Å². The second-order valence-electron chi connectivity index (χ2n) is 3.15. The molecule has 0 aromatic rings. The third-order valence-corrected chi connectivity index (χ3v) is 2.21. The fraction of sp³-hybridized carbons (Fsp3) is 0.889. The van der Waals surface area contributed by atoms with Gasteiger partial charge in [-0.25, -0.2) is 0 Å². The summed E-state index contributed by atoms with van der Waals surface area (Å²) in [6.07, 6.45) is 3.27. The van der Waals surface area contributed by atoms with E-state index in [0.717, 1.165) is 26.5 Å². The van der Waals surface area contributed by atoms with Crippen molar-refractivity contribution in [1.29, 1.82) is 0 Å². The van der Waals surface area contributed by atoms with Crippen molar-refractivity contribution in [3.05, 3.63) is 0 Å². The molecule has 0 unspecified atom stereocenters. The molecule has 1 heterocycles. The molecule has 0 radical (unpaired) electrons. The fourth-order valence-corrected chi connectivity index (χ4v) is 1.43. The Morgan fingerprint density at radius 2 is 2.00 bits per heavy atom. The van der Waals surface area contributed by atoms with Gasteiger partial charge in [-0.1, -0.05) is 0 Å². The van der Waals surface area contributed by atoms with Crippen molar-refractivity contribution in [3.63, 3.8) is 0 Å². The van der Waals surface area contributed by atoms with Crippen LogP contribution in [0.25, 0.3) is 0 Å². The standard InChI is InChI=1S/C8H16N2O.CH4O/c1-10-5-2-8(3-6-10)9-4-7-11;1-2/h7-9H,2-6H2,1H3;2H,1H3. The number of carbonyl (C=O) groups is 1. The maximum absolute atomic E-state index is 10.0. The molecule has 4 nitrogen and oxygen atoms in total. The second-order valence-corrected chi connectivity index (χ2v) is 3.15. The van der Waals surface area contributed by atoms with Crippen LogP contribution in [0.5, 0.6) is 0 Å². The van der Waals surface area contributed by atoms with E-state index in [1.807, 2.05) is 0 Å². The van der Waals surface area contributed by atoms with Crippen LogP contribution in [-0.4, -0.2) is 56.1 Å². The van der Waals surface area contributed by atoms with E-state index in [-0.39, 0.29) is 0 Å². The van der Waals surface area contributed by atoms with Crippen LogP contribution in [0, 0.1) is 0 Å². The van der Waals surface area contributed by atoms with Crippen molar-refractivity contribution in [1.82, 2.24) is 10.2 Å². The van der Waals surface area contributed by atoms with Crippen molar-refractivity contribution >= 4 is 6.29 Å². The van der Waals surface area contributed by atoms with Crippen molar-refractivity contribution < 1.29 is 9.90 Å². The number of aliphatic hydroxyl groups is 1. The lowest BCUT2D eigenvalue weighted by atomic mass is 10.1. The van der Waals surface area contributed by atoms with Gasteiger partial charge in [-0.2, -0.15) is 0 Å². The number of hydrogen-bond donors (Lipinski definition) is 2. The Hall–Kier alpha value is -0.450. The third-order valence-electron chi connectivity index (χ3n) is 2.21. The molecule has 0 spiro atoms. The largest absolute Gasteiger partial charge is 0.400 e. The zero-order valence-electron chi connectivity index (χ0n) is 8.49. The molecule has 0 aromatic heterocycles. The summed E-state index contributed by atoms with van der Waals surface area (Å²) in [5.74, 6) is 0. The van der Waals surface area contributed by atoms with E-state index < -0.39 is 0 Å². The third kappa shape index (κ3) is 5.74. The molecule has 1 rings (SSSR count). The highest BCUT2D eigenvalue weighted by Crippen LogP contribution is 2.07. The molecule has 1 aliphatic heterocycles. The molecule has 0 amide bonds. The fourth-order valence-electron chi connectivity index (χ4n) is 1.43. The van der Waals surface area contributed by atoms with Gasteiger partial charge in [0.05, 0.1) is 6.54 Å². The van der Waals surface area contributed by atoms with E-state index in [0.29, 0.717) is 12.6 Å². The van der Waals surface area contributed by atoms with E-state index in [2.05, 4.69) is 17.3 Å². The summed E-state index contributed by atoms with van der Waals surface area (Å²) >= 11 is 0. The molecule has 1 saturated heterocycles. The van der Waals surface area contributed by atoms with Gasteiger partial charge in [-0.15, -0.1) is 0 Å². The van der Waals surface area contributed by atoms with Gasteiger partial charge in [0.1, 0.15) is 6.29 Å². The zero-order chi connectivity index (χ0) is 10.1. The Kier molecular flexibility index (Phi) is 7.88. The number of rotatable bonds is 3. The molecule has 2 N–H and O–H groups in total. The monoisotopic (exact) mass is 188 g/mol. The van der Waals surface area contributed by atoms with Gasteiger partial charge in [0.2, 0.25) is 0 Å². The lowest BCUT2D eigenvalue weighted by molar-refractivity contribution is -0.107. The highest BCUT2D eigenvalue weighted by molar-refractivity contribution is 5.51. The minimum Gasteiger partial charge on any atom is -0.400 e. The van der Waals surface area contributed by atoms with Gasteiger partial charge < -0.3 is 20.1 Å². The number of hydrogen-bond acceptors (Lipinski definition) is 4. The summed E-state index contributed by atoms with van der Waals surface area (Å²) in [4.78, 5) is 12.4. The normalized spacial score (nSPS) is 19.0. The summed E-state index contributed by atoms with van der Waals surface area (Å²) in [5, 5.41) is 10.2. The Morgan fingerprint density at radius 3 is 2.46 bits per heavy atom. The maximum atomic E-state index is 10.0. The number of piperidine rings is 1. The van der Waals surface area contributed by atoms with Crippen molar-refractivity contribution in [2.24, 2.45) is 0 Å². The molecule has 0 aromatic carbocycles. The minimum atomic E-state index is 0.508. The number of nitrogens with zero attached hydrogens (tertiary/aromatic N) is 1. The number of nitrogens with one attached hydrogen (secondary N) is 1. The number of aliphatic hydroxyl groups excluding tert-OH is 1. The molecule has 78 valence electrons.